The zero-order chi connectivity index (χ0) is 21.3. The Hall–Kier alpha value is -2.52. The summed E-state index contributed by atoms with van der Waals surface area (Å²) < 4.78 is 27.6. The van der Waals surface area contributed by atoms with E-state index in [-0.39, 0.29) is 18.4 Å². The number of rotatable bonds is 4. The zero-order valence-electron chi connectivity index (χ0n) is 17.3. The number of aromatic nitrogens is 2. The van der Waals surface area contributed by atoms with E-state index < -0.39 is 10.0 Å². The number of anilines is 1. The normalized spacial score (nSPS) is 19.9. The predicted molar refractivity (Wildman–Crippen MR) is 114 cm³/mol. The number of benzene rings is 1. The minimum Gasteiger partial charge on any atom is -0.373 e. The summed E-state index contributed by atoms with van der Waals surface area (Å²) in [5.74, 6) is 1.56. The van der Waals surface area contributed by atoms with Crippen molar-refractivity contribution in [2.45, 2.75) is 43.5 Å². The van der Waals surface area contributed by atoms with Crippen LogP contribution in [0.25, 0.3) is 0 Å². The molecule has 160 valence electrons. The van der Waals surface area contributed by atoms with Gasteiger partial charge in [-0.15, -0.1) is 0 Å². The van der Waals surface area contributed by atoms with Gasteiger partial charge in [0.1, 0.15) is 11.6 Å². The summed E-state index contributed by atoms with van der Waals surface area (Å²) in [4.78, 5) is 23.5. The van der Waals surface area contributed by atoms with Crippen LogP contribution in [0, 0.1) is 0 Å². The molecule has 1 unspecified atom stereocenters. The Morgan fingerprint density at radius 2 is 1.93 bits per heavy atom. The van der Waals surface area contributed by atoms with Gasteiger partial charge in [0, 0.05) is 45.1 Å². The van der Waals surface area contributed by atoms with Crippen molar-refractivity contribution in [1.29, 1.82) is 0 Å². The second kappa shape index (κ2) is 8.31. The molecule has 1 N–H and O–H groups in total. The molecule has 2 aliphatic heterocycles. The number of hydrogen-bond acceptors (Lipinski definition) is 6. The highest BCUT2D eigenvalue weighted by molar-refractivity contribution is 7.89. The van der Waals surface area contributed by atoms with Gasteiger partial charge in [0.25, 0.3) is 0 Å². The van der Waals surface area contributed by atoms with Crippen LogP contribution in [0.5, 0.6) is 0 Å². The lowest BCUT2D eigenvalue weighted by Gasteiger charge is -2.33. The van der Waals surface area contributed by atoms with Crippen LogP contribution >= 0.6 is 0 Å². The molecule has 2 aromatic rings. The number of likely N-dealkylation sites (tertiary alicyclic amines) is 1. The predicted octanol–water partition coefficient (Wildman–Crippen LogP) is 1.99. The monoisotopic (exact) mass is 429 g/mol. The van der Waals surface area contributed by atoms with Crippen LogP contribution in [-0.4, -0.2) is 60.2 Å². The van der Waals surface area contributed by atoms with Crippen LogP contribution in [0.4, 0.5) is 5.82 Å². The maximum atomic E-state index is 13.1. The molecule has 9 heteroatoms. The minimum atomic E-state index is -3.58. The molecule has 1 aromatic carbocycles. The van der Waals surface area contributed by atoms with Gasteiger partial charge in [-0.1, -0.05) is 18.2 Å². The summed E-state index contributed by atoms with van der Waals surface area (Å²) in [6.45, 7) is 3.56. The molecule has 0 spiro atoms. The Balaban J connectivity index is 1.65. The Labute approximate surface area is 177 Å². The smallest absolute Gasteiger partial charge is 0.243 e. The fourth-order valence-electron chi connectivity index (χ4n) is 4.24. The van der Waals surface area contributed by atoms with E-state index in [9.17, 15) is 13.2 Å². The fourth-order valence-corrected chi connectivity index (χ4v) is 5.66. The van der Waals surface area contributed by atoms with E-state index in [0.717, 1.165) is 36.5 Å². The average molecular weight is 430 g/mol. The van der Waals surface area contributed by atoms with Crippen molar-refractivity contribution >= 4 is 21.7 Å². The van der Waals surface area contributed by atoms with Gasteiger partial charge >= 0.3 is 0 Å². The molecule has 1 amide bonds. The molecule has 2 aliphatic rings. The lowest BCUT2D eigenvalue weighted by atomic mass is 9.96. The van der Waals surface area contributed by atoms with Crippen molar-refractivity contribution < 1.29 is 13.2 Å². The van der Waals surface area contributed by atoms with E-state index in [1.165, 1.54) is 4.31 Å². The first-order valence-electron chi connectivity index (χ1n) is 10.3. The molecular formula is C21H27N5O3S. The van der Waals surface area contributed by atoms with Gasteiger partial charge in [0.05, 0.1) is 17.1 Å². The molecule has 1 atom stereocenters. The second-order valence-electron chi connectivity index (χ2n) is 7.81. The van der Waals surface area contributed by atoms with E-state index in [2.05, 4.69) is 5.32 Å². The molecule has 1 fully saturated rings. The first-order valence-corrected chi connectivity index (χ1v) is 11.7. The third-order valence-corrected chi connectivity index (χ3v) is 7.76. The molecule has 3 heterocycles. The van der Waals surface area contributed by atoms with Gasteiger partial charge in [0.2, 0.25) is 15.9 Å². The third kappa shape index (κ3) is 3.91. The molecule has 30 heavy (non-hydrogen) atoms. The van der Waals surface area contributed by atoms with Crippen LogP contribution in [0.3, 0.4) is 0 Å². The Kier molecular flexibility index (Phi) is 5.75. The summed E-state index contributed by atoms with van der Waals surface area (Å²) in [5.41, 5.74) is 1.72. The van der Waals surface area contributed by atoms with Crippen molar-refractivity contribution in [3.05, 3.63) is 47.4 Å². The van der Waals surface area contributed by atoms with Crippen molar-refractivity contribution in [1.82, 2.24) is 19.2 Å². The number of fused-ring (bicyclic) bond motifs is 1. The van der Waals surface area contributed by atoms with Gasteiger partial charge in [-0.25, -0.2) is 18.4 Å². The van der Waals surface area contributed by atoms with E-state index >= 15 is 0 Å². The summed E-state index contributed by atoms with van der Waals surface area (Å²) in [6.07, 6.45) is 2.38. The second-order valence-corrected chi connectivity index (χ2v) is 9.75. The van der Waals surface area contributed by atoms with Gasteiger partial charge in [0.15, 0.2) is 0 Å². The molecule has 0 radical (unpaired) electrons. The topological polar surface area (TPSA) is 95.5 Å². The largest absolute Gasteiger partial charge is 0.373 e. The van der Waals surface area contributed by atoms with Crippen LogP contribution in [0.2, 0.25) is 0 Å². The fraction of sp³-hybridized carbons (Fsp3) is 0.476. The van der Waals surface area contributed by atoms with Crippen LogP contribution in [-0.2, 0) is 27.8 Å². The number of sulfonamides is 1. The molecule has 4 rings (SSSR count). The number of hydrogen-bond donors (Lipinski definition) is 1. The highest BCUT2D eigenvalue weighted by Gasteiger charge is 2.32. The molecular weight excluding hydrogens is 402 g/mol. The molecule has 8 nitrogen and oxygen atoms in total. The highest BCUT2D eigenvalue weighted by Crippen LogP contribution is 2.31. The van der Waals surface area contributed by atoms with Gasteiger partial charge in [-0.2, -0.15) is 4.31 Å². The quantitative estimate of drug-likeness (QED) is 0.799. The van der Waals surface area contributed by atoms with E-state index in [1.54, 1.807) is 37.3 Å². The number of piperidine rings is 1. The summed E-state index contributed by atoms with van der Waals surface area (Å²) >= 11 is 0. The lowest BCUT2D eigenvalue weighted by Crippen LogP contribution is -2.39. The Morgan fingerprint density at radius 1 is 1.17 bits per heavy atom. The van der Waals surface area contributed by atoms with E-state index in [4.69, 9.17) is 9.97 Å². The molecule has 0 bridgehead atoms. The standard InChI is InChI=1S/C21H27N5O3S/c1-15(27)25-11-6-7-16(13-25)20-23-19-14-26(12-10-18(19)21(22-2)24-20)30(28,29)17-8-4-3-5-9-17/h3-5,8-9,16H,6-7,10-14H2,1-2H3,(H,22,23,24). The van der Waals surface area contributed by atoms with Crippen molar-refractivity contribution in [2.75, 3.05) is 32.0 Å². The van der Waals surface area contributed by atoms with Gasteiger partial charge < -0.3 is 10.2 Å². The highest BCUT2D eigenvalue weighted by atomic mass is 32.2. The first-order chi connectivity index (χ1) is 14.4. The van der Waals surface area contributed by atoms with Crippen LogP contribution in [0.1, 0.15) is 42.8 Å². The SMILES string of the molecule is CNc1nc(C2CCCN(C(C)=O)C2)nc2c1CCN(S(=O)(=O)c1ccccc1)C2. The Morgan fingerprint density at radius 3 is 2.63 bits per heavy atom. The van der Waals surface area contributed by atoms with Gasteiger partial charge in [-0.3, -0.25) is 4.79 Å². The molecule has 1 saturated heterocycles. The van der Waals surface area contributed by atoms with Gasteiger partial charge in [-0.05, 0) is 31.4 Å². The van der Waals surface area contributed by atoms with Crippen LogP contribution in [0.15, 0.2) is 35.2 Å². The number of carbonyl (C=O) groups excluding carboxylic acids is 1. The minimum absolute atomic E-state index is 0.0566. The molecule has 0 aliphatic carbocycles. The summed E-state index contributed by atoms with van der Waals surface area (Å²) in [5, 5.41) is 3.15. The summed E-state index contributed by atoms with van der Waals surface area (Å²) in [6, 6.07) is 8.50. The van der Waals surface area contributed by atoms with Crippen molar-refractivity contribution in [2.24, 2.45) is 0 Å². The maximum absolute atomic E-state index is 13.1. The summed E-state index contributed by atoms with van der Waals surface area (Å²) in [7, 11) is -1.76. The Bertz CT molecular complexity index is 1040. The third-order valence-electron chi connectivity index (χ3n) is 5.90. The van der Waals surface area contributed by atoms with E-state index in [1.807, 2.05) is 11.9 Å². The zero-order valence-corrected chi connectivity index (χ0v) is 18.2. The number of carbonyl (C=O) groups is 1. The van der Waals surface area contributed by atoms with Crippen molar-refractivity contribution in [3.63, 3.8) is 0 Å². The van der Waals surface area contributed by atoms with Crippen molar-refractivity contribution in [3.8, 4) is 0 Å². The maximum Gasteiger partial charge on any atom is 0.243 e. The number of nitrogens with zero attached hydrogens (tertiary/aromatic N) is 4. The molecule has 0 saturated carbocycles. The lowest BCUT2D eigenvalue weighted by molar-refractivity contribution is -0.130. The van der Waals surface area contributed by atoms with E-state index in [0.29, 0.717) is 30.2 Å². The average Bonchev–Trinajstić information content (AvgIpc) is 2.78. The molecule has 1 aromatic heterocycles. The first kappa shape index (κ1) is 20.7. The van der Waals surface area contributed by atoms with Crippen LogP contribution < -0.4 is 5.32 Å². The number of nitrogens with one attached hydrogen (secondary N) is 1. The number of amides is 1.